The van der Waals surface area contributed by atoms with E-state index in [1.54, 1.807) is 0 Å². The highest BCUT2D eigenvalue weighted by molar-refractivity contribution is 5.08. The normalized spacial score (nSPS) is 12.9. The van der Waals surface area contributed by atoms with Crippen molar-refractivity contribution in [1.29, 1.82) is 0 Å². The molecule has 0 aromatic carbocycles. The van der Waals surface area contributed by atoms with Crippen LogP contribution in [0.3, 0.4) is 0 Å². The van der Waals surface area contributed by atoms with Crippen LogP contribution in [0.25, 0.3) is 0 Å². The maximum atomic E-state index is 8.65. The topological polar surface area (TPSA) is 50.1 Å². The molecule has 92 valence electrons. The molecule has 0 spiro atoms. The first-order valence-electron chi connectivity index (χ1n) is 6.14. The van der Waals surface area contributed by atoms with Gasteiger partial charge in [0.15, 0.2) is 0 Å². The summed E-state index contributed by atoms with van der Waals surface area (Å²) in [5, 5.41) is 16.4. The number of aromatic nitrogens is 2. The van der Waals surface area contributed by atoms with Gasteiger partial charge < -0.3 is 10.4 Å². The van der Waals surface area contributed by atoms with Gasteiger partial charge in [0.1, 0.15) is 0 Å². The van der Waals surface area contributed by atoms with Crippen LogP contribution in [0.4, 0.5) is 0 Å². The van der Waals surface area contributed by atoms with E-state index in [9.17, 15) is 0 Å². The van der Waals surface area contributed by atoms with Crippen molar-refractivity contribution in [3.8, 4) is 0 Å². The molecular weight excluding hydrogens is 202 g/mol. The van der Waals surface area contributed by atoms with Crippen LogP contribution in [-0.4, -0.2) is 28.0 Å². The SMILES string of the molecule is CCn1cc(C(C)NCCCCCO)cn1. The quantitative estimate of drug-likeness (QED) is 0.662. The Morgan fingerprint density at radius 1 is 1.44 bits per heavy atom. The van der Waals surface area contributed by atoms with Crippen molar-refractivity contribution in [3.05, 3.63) is 18.0 Å². The molecule has 0 fully saturated rings. The van der Waals surface area contributed by atoms with E-state index in [0.29, 0.717) is 12.6 Å². The Kier molecular flexibility index (Phi) is 6.11. The molecule has 0 saturated heterocycles. The van der Waals surface area contributed by atoms with Crippen LogP contribution in [0, 0.1) is 0 Å². The minimum atomic E-state index is 0.304. The lowest BCUT2D eigenvalue weighted by Crippen LogP contribution is -2.19. The third kappa shape index (κ3) is 4.33. The molecule has 1 heterocycles. The third-order valence-electron chi connectivity index (χ3n) is 2.76. The van der Waals surface area contributed by atoms with E-state index in [0.717, 1.165) is 32.4 Å². The van der Waals surface area contributed by atoms with E-state index < -0.39 is 0 Å². The lowest BCUT2D eigenvalue weighted by atomic mass is 10.2. The zero-order valence-electron chi connectivity index (χ0n) is 10.3. The van der Waals surface area contributed by atoms with Gasteiger partial charge in [0.25, 0.3) is 0 Å². The zero-order chi connectivity index (χ0) is 11.8. The fourth-order valence-corrected chi connectivity index (χ4v) is 1.63. The number of nitrogens with zero attached hydrogens (tertiary/aromatic N) is 2. The van der Waals surface area contributed by atoms with Crippen molar-refractivity contribution in [2.24, 2.45) is 0 Å². The van der Waals surface area contributed by atoms with Gasteiger partial charge in [0.2, 0.25) is 0 Å². The van der Waals surface area contributed by atoms with Crippen LogP contribution in [0.2, 0.25) is 0 Å². The largest absolute Gasteiger partial charge is 0.396 e. The fourth-order valence-electron chi connectivity index (χ4n) is 1.63. The molecule has 1 rings (SSSR count). The van der Waals surface area contributed by atoms with Gasteiger partial charge in [-0.1, -0.05) is 0 Å². The summed E-state index contributed by atoms with van der Waals surface area (Å²) in [5.41, 5.74) is 1.24. The molecule has 1 aromatic rings. The highest BCUT2D eigenvalue weighted by Crippen LogP contribution is 2.10. The Bertz CT molecular complexity index is 286. The summed E-state index contributed by atoms with van der Waals surface area (Å²) in [7, 11) is 0. The Balaban J connectivity index is 2.21. The van der Waals surface area contributed by atoms with Crippen LogP contribution in [-0.2, 0) is 6.54 Å². The van der Waals surface area contributed by atoms with Gasteiger partial charge in [0, 0.05) is 31.0 Å². The summed E-state index contributed by atoms with van der Waals surface area (Å²) >= 11 is 0. The molecule has 1 aromatic heterocycles. The lowest BCUT2D eigenvalue weighted by Gasteiger charge is -2.11. The van der Waals surface area contributed by atoms with Crippen LogP contribution in [0.15, 0.2) is 12.4 Å². The standard InChI is InChI=1S/C12H23N3O/c1-3-15-10-12(9-14-15)11(2)13-7-5-4-6-8-16/h9-11,13,16H,3-8H2,1-2H3. The van der Waals surface area contributed by atoms with Crippen LogP contribution >= 0.6 is 0 Å². The van der Waals surface area contributed by atoms with Crippen molar-refractivity contribution >= 4 is 0 Å². The summed E-state index contributed by atoms with van der Waals surface area (Å²) < 4.78 is 1.94. The minimum absolute atomic E-state index is 0.304. The van der Waals surface area contributed by atoms with Gasteiger partial charge in [-0.2, -0.15) is 5.10 Å². The molecule has 4 nitrogen and oxygen atoms in total. The molecule has 2 N–H and O–H groups in total. The van der Waals surface area contributed by atoms with E-state index >= 15 is 0 Å². The monoisotopic (exact) mass is 225 g/mol. The predicted molar refractivity (Wildman–Crippen MR) is 65.3 cm³/mol. The molecule has 0 radical (unpaired) electrons. The molecular formula is C12H23N3O. The average Bonchev–Trinajstić information content (AvgIpc) is 2.77. The second-order valence-electron chi connectivity index (χ2n) is 4.09. The van der Waals surface area contributed by atoms with E-state index in [1.807, 2.05) is 10.9 Å². The van der Waals surface area contributed by atoms with Gasteiger partial charge in [0.05, 0.1) is 6.20 Å². The highest BCUT2D eigenvalue weighted by atomic mass is 16.2. The predicted octanol–water partition coefficient (Wildman–Crippen LogP) is 1.72. The first kappa shape index (κ1) is 13.2. The fraction of sp³-hybridized carbons (Fsp3) is 0.750. The molecule has 1 unspecified atom stereocenters. The van der Waals surface area contributed by atoms with Gasteiger partial charge >= 0.3 is 0 Å². The van der Waals surface area contributed by atoms with Crippen LogP contribution in [0.1, 0.15) is 44.7 Å². The number of hydrogen-bond donors (Lipinski definition) is 2. The summed E-state index contributed by atoms with van der Waals surface area (Å²) in [6, 6.07) is 0.356. The van der Waals surface area contributed by atoms with Crippen LogP contribution in [0.5, 0.6) is 0 Å². The Morgan fingerprint density at radius 3 is 2.88 bits per heavy atom. The maximum absolute atomic E-state index is 8.65. The van der Waals surface area contributed by atoms with Crippen molar-refractivity contribution < 1.29 is 5.11 Å². The summed E-state index contributed by atoms with van der Waals surface area (Å²) in [4.78, 5) is 0. The lowest BCUT2D eigenvalue weighted by molar-refractivity contribution is 0.282. The van der Waals surface area contributed by atoms with Gasteiger partial charge in [-0.3, -0.25) is 4.68 Å². The number of hydrogen-bond acceptors (Lipinski definition) is 3. The molecule has 1 atom stereocenters. The molecule has 0 aliphatic heterocycles. The first-order valence-corrected chi connectivity index (χ1v) is 6.14. The highest BCUT2D eigenvalue weighted by Gasteiger charge is 2.06. The Labute approximate surface area is 97.7 Å². The average molecular weight is 225 g/mol. The Morgan fingerprint density at radius 2 is 2.25 bits per heavy atom. The maximum Gasteiger partial charge on any atom is 0.0537 e. The van der Waals surface area contributed by atoms with E-state index in [4.69, 9.17) is 5.11 Å². The minimum Gasteiger partial charge on any atom is -0.396 e. The molecule has 0 saturated carbocycles. The molecule has 0 amide bonds. The van der Waals surface area contributed by atoms with Gasteiger partial charge in [-0.25, -0.2) is 0 Å². The van der Waals surface area contributed by atoms with Crippen LogP contribution < -0.4 is 5.32 Å². The smallest absolute Gasteiger partial charge is 0.0537 e. The van der Waals surface area contributed by atoms with Crippen molar-refractivity contribution in [2.75, 3.05) is 13.2 Å². The number of aryl methyl sites for hydroxylation is 1. The molecule has 0 aliphatic carbocycles. The molecule has 0 bridgehead atoms. The number of aliphatic hydroxyl groups excluding tert-OH is 1. The first-order chi connectivity index (χ1) is 7.77. The van der Waals surface area contributed by atoms with E-state index in [2.05, 4.69) is 30.5 Å². The summed E-state index contributed by atoms with van der Waals surface area (Å²) in [6.45, 7) is 6.47. The van der Waals surface area contributed by atoms with Crippen molar-refractivity contribution in [3.63, 3.8) is 0 Å². The summed E-state index contributed by atoms with van der Waals surface area (Å²) in [6.07, 6.45) is 7.13. The number of rotatable bonds is 8. The van der Waals surface area contributed by atoms with E-state index in [1.165, 1.54) is 5.56 Å². The second-order valence-corrected chi connectivity index (χ2v) is 4.09. The van der Waals surface area contributed by atoms with Crippen molar-refractivity contribution in [1.82, 2.24) is 15.1 Å². The van der Waals surface area contributed by atoms with E-state index in [-0.39, 0.29) is 0 Å². The molecule has 0 aliphatic rings. The van der Waals surface area contributed by atoms with Gasteiger partial charge in [-0.05, 0) is 39.7 Å². The second kappa shape index (κ2) is 7.41. The third-order valence-corrected chi connectivity index (χ3v) is 2.76. The number of unbranched alkanes of at least 4 members (excludes halogenated alkanes) is 2. The Hall–Kier alpha value is -0.870. The van der Waals surface area contributed by atoms with Crippen molar-refractivity contribution in [2.45, 2.75) is 45.7 Å². The number of aliphatic hydroxyl groups is 1. The zero-order valence-corrected chi connectivity index (χ0v) is 10.3. The number of nitrogens with one attached hydrogen (secondary N) is 1. The van der Waals surface area contributed by atoms with Gasteiger partial charge in [-0.15, -0.1) is 0 Å². The summed E-state index contributed by atoms with van der Waals surface area (Å²) in [5.74, 6) is 0. The molecule has 16 heavy (non-hydrogen) atoms. The molecule has 4 heteroatoms.